The first-order valence-electron chi connectivity index (χ1n) is 17.5. The van der Waals surface area contributed by atoms with Crippen molar-refractivity contribution in [3.8, 4) is 16.8 Å². The van der Waals surface area contributed by atoms with Gasteiger partial charge < -0.3 is 18.5 Å². The minimum atomic E-state index is -1.65. The summed E-state index contributed by atoms with van der Waals surface area (Å²) in [6, 6.07) is 49.6. The first-order valence-corrected chi connectivity index (χ1v) is 18.7. The molecule has 8 aromatic carbocycles. The molecule has 11 aromatic rings. The third-order valence-electron chi connectivity index (χ3n) is 11.3. The zero-order valence-electron chi connectivity index (χ0n) is 27.8. The van der Waals surface area contributed by atoms with E-state index in [-0.39, 0.29) is 0 Å². The van der Waals surface area contributed by atoms with Crippen molar-refractivity contribution in [1.29, 1.82) is 0 Å². The second-order valence-electron chi connectivity index (χ2n) is 14.0. The zero-order valence-corrected chi connectivity index (χ0v) is 30.2. The van der Waals surface area contributed by atoms with Gasteiger partial charge in [-0.15, -0.1) is 0 Å². The number of hydrogen-bond acceptors (Lipinski definition) is 3. The number of aromatic nitrogens is 1. The molecule has 0 aliphatic heterocycles. The fourth-order valence-electron chi connectivity index (χ4n) is 9.12. The summed E-state index contributed by atoms with van der Waals surface area (Å²) in [7, 11) is 0. The standard InChI is InChI=1S/C47H25BrClNO3/c48-34-23-32-43(42-29-15-5-10-20-39(29)52-45(34)42)44-33(24-35(49)41-30-21-25-11-1-2-12-26(25)22-40(30)53-46(41)44)47(32,51)31-16-6-9-19-38(31)50-36-17-7-3-13-27(36)28-14-4-8-18-37(28)50/h1-24,51H. The molecule has 0 fully saturated rings. The maximum atomic E-state index is 13.9. The smallest absolute Gasteiger partial charge is 0.150 e. The van der Waals surface area contributed by atoms with E-state index < -0.39 is 5.60 Å². The molecule has 53 heavy (non-hydrogen) atoms. The van der Waals surface area contributed by atoms with Crippen molar-refractivity contribution in [2.45, 2.75) is 5.60 Å². The Kier molecular flexibility index (Phi) is 5.82. The van der Waals surface area contributed by atoms with Gasteiger partial charge in [0.05, 0.1) is 26.2 Å². The fourth-order valence-corrected chi connectivity index (χ4v) is 9.93. The van der Waals surface area contributed by atoms with Crippen LogP contribution in [0.1, 0.15) is 16.7 Å². The van der Waals surface area contributed by atoms with E-state index in [1.54, 1.807) is 0 Å². The average molecular weight is 767 g/mol. The lowest BCUT2D eigenvalue weighted by Crippen LogP contribution is -2.28. The molecule has 0 spiro atoms. The normalized spacial score (nSPS) is 15.5. The number of rotatable bonds is 2. The Morgan fingerprint density at radius 2 is 1.13 bits per heavy atom. The quantitative estimate of drug-likeness (QED) is 0.191. The summed E-state index contributed by atoms with van der Waals surface area (Å²) in [6.45, 7) is 0. The van der Waals surface area contributed by atoms with Crippen LogP contribution in [0.5, 0.6) is 0 Å². The predicted molar refractivity (Wildman–Crippen MR) is 220 cm³/mol. The van der Waals surface area contributed by atoms with E-state index >= 15 is 0 Å². The van der Waals surface area contributed by atoms with E-state index in [0.29, 0.717) is 21.8 Å². The van der Waals surface area contributed by atoms with Gasteiger partial charge in [0.2, 0.25) is 0 Å². The second-order valence-corrected chi connectivity index (χ2v) is 15.2. The van der Waals surface area contributed by atoms with Crippen LogP contribution >= 0.6 is 27.5 Å². The van der Waals surface area contributed by atoms with Crippen LogP contribution < -0.4 is 0 Å². The third-order valence-corrected chi connectivity index (χ3v) is 12.2. The molecule has 1 N–H and O–H groups in total. The van der Waals surface area contributed by atoms with Crippen molar-refractivity contribution in [3.05, 3.63) is 172 Å². The molecule has 3 heterocycles. The van der Waals surface area contributed by atoms with Crippen LogP contribution in [0.15, 0.2) is 159 Å². The Balaban J connectivity index is 1.27. The number of fused-ring (bicyclic) bond motifs is 15. The van der Waals surface area contributed by atoms with Crippen molar-refractivity contribution >= 4 is 104 Å². The number of aliphatic hydroxyl groups is 1. The van der Waals surface area contributed by atoms with Gasteiger partial charge in [-0.05, 0) is 75.2 Å². The Labute approximate surface area is 315 Å². The lowest BCUT2D eigenvalue weighted by molar-refractivity contribution is 0.131. The van der Waals surface area contributed by atoms with Gasteiger partial charge in [0, 0.05) is 60.1 Å². The van der Waals surface area contributed by atoms with E-state index in [1.807, 2.05) is 60.7 Å². The van der Waals surface area contributed by atoms with Gasteiger partial charge in [0.1, 0.15) is 27.9 Å². The van der Waals surface area contributed by atoms with Gasteiger partial charge >= 0.3 is 0 Å². The summed E-state index contributed by atoms with van der Waals surface area (Å²) in [5, 5.41) is 22.5. The highest BCUT2D eigenvalue weighted by atomic mass is 79.9. The van der Waals surface area contributed by atoms with Crippen LogP contribution in [0, 0.1) is 0 Å². The largest absolute Gasteiger partial charge is 0.455 e. The van der Waals surface area contributed by atoms with Gasteiger partial charge in [0.25, 0.3) is 0 Å². The zero-order chi connectivity index (χ0) is 35.2. The van der Waals surface area contributed by atoms with Gasteiger partial charge in [0.15, 0.2) is 0 Å². The highest BCUT2D eigenvalue weighted by Gasteiger charge is 2.48. The molecule has 1 atom stereocenters. The minimum Gasteiger partial charge on any atom is -0.455 e. The summed E-state index contributed by atoms with van der Waals surface area (Å²) in [6.07, 6.45) is 0. The molecule has 1 unspecified atom stereocenters. The first kappa shape index (κ1) is 29.7. The third kappa shape index (κ3) is 3.74. The number of nitrogens with zero attached hydrogens (tertiary/aromatic N) is 1. The van der Waals surface area contributed by atoms with Crippen molar-refractivity contribution in [2.75, 3.05) is 0 Å². The number of hydrogen-bond donors (Lipinski definition) is 1. The van der Waals surface area contributed by atoms with Gasteiger partial charge in [-0.2, -0.15) is 0 Å². The molecule has 0 saturated carbocycles. The number of halogens is 2. The van der Waals surface area contributed by atoms with Crippen LogP contribution in [0.4, 0.5) is 0 Å². The Bertz CT molecular complexity index is 3350. The number of para-hydroxylation sites is 4. The maximum absolute atomic E-state index is 13.9. The Hall–Kier alpha value is -5.85. The summed E-state index contributed by atoms with van der Waals surface area (Å²) < 4.78 is 16.5. The van der Waals surface area contributed by atoms with E-state index in [4.69, 9.17) is 20.4 Å². The SMILES string of the molecule is OC1(c2ccccc2-n2c3ccccc3c3ccccc32)c2cc(Cl)c3c(oc4cc5ccccc5cc43)c2-c2c1cc(Br)c1oc3ccccc3c21. The molecule has 4 nitrogen and oxygen atoms in total. The lowest BCUT2D eigenvalue weighted by Gasteiger charge is -2.30. The Morgan fingerprint density at radius 1 is 0.528 bits per heavy atom. The van der Waals surface area contributed by atoms with Crippen LogP contribution in [0.3, 0.4) is 0 Å². The van der Waals surface area contributed by atoms with Crippen LogP contribution in [0.2, 0.25) is 5.02 Å². The van der Waals surface area contributed by atoms with Crippen LogP contribution in [0.25, 0.3) is 93.3 Å². The fraction of sp³-hybridized carbons (Fsp3) is 0.0213. The second kappa shape index (κ2) is 10.4. The summed E-state index contributed by atoms with van der Waals surface area (Å²) in [4.78, 5) is 0. The highest BCUT2D eigenvalue weighted by Crippen LogP contribution is 2.60. The van der Waals surface area contributed by atoms with Gasteiger partial charge in [-0.3, -0.25) is 0 Å². The van der Waals surface area contributed by atoms with Crippen LogP contribution in [-0.2, 0) is 5.60 Å². The van der Waals surface area contributed by atoms with E-state index in [2.05, 4.69) is 105 Å². The monoisotopic (exact) mass is 765 g/mol. The minimum absolute atomic E-state index is 0.515. The molecule has 0 amide bonds. The molecule has 1 aliphatic carbocycles. The van der Waals surface area contributed by atoms with Gasteiger partial charge in [-0.25, -0.2) is 0 Å². The topological polar surface area (TPSA) is 51.4 Å². The van der Waals surface area contributed by atoms with E-state index in [1.165, 1.54) is 0 Å². The molecule has 6 heteroatoms. The molecule has 12 rings (SSSR count). The summed E-state index contributed by atoms with van der Waals surface area (Å²) in [5.74, 6) is 0. The van der Waals surface area contributed by atoms with E-state index in [9.17, 15) is 5.11 Å². The molecular formula is C47H25BrClNO3. The van der Waals surface area contributed by atoms with Crippen molar-refractivity contribution in [3.63, 3.8) is 0 Å². The maximum Gasteiger partial charge on any atom is 0.150 e. The highest BCUT2D eigenvalue weighted by molar-refractivity contribution is 9.10. The number of benzene rings is 8. The van der Waals surface area contributed by atoms with Crippen molar-refractivity contribution in [1.82, 2.24) is 4.57 Å². The molecule has 250 valence electrons. The molecule has 0 saturated heterocycles. The average Bonchev–Trinajstić information content (AvgIpc) is 3.92. The summed E-state index contributed by atoms with van der Waals surface area (Å²) >= 11 is 11.3. The molecule has 1 aliphatic rings. The Morgan fingerprint density at radius 3 is 1.91 bits per heavy atom. The molecule has 3 aromatic heterocycles. The van der Waals surface area contributed by atoms with Crippen LogP contribution in [-0.4, -0.2) is 9.67 Å². The molecule has 0 bridgehead atoms. The summed E-state index contributed by atoms with van der Waals surface area (Å²) in [5.41, 5.74) is 7.96. The lowest BCUT2D eigenvalue weighted by atomic mass is 9.82. The molecular weight excluding hydrogens is 742 g/mol. The molecule has 0 radical (unpaired) electrons. The van der Waals surface area contributed by atoms with Crippen molar-refractivity contribution in [2.24, 2.45) is 0 Å². The predicted octanol–water partition coefficient (Wildman–Crippen LogP) is 13.4. The van der Waals surface area contributed by atoms with Crippen molar-refractivity contribution < 1.29 is 13.9 Å². The van der Waals surface area contributed by atoms with E-state index in [0.717, 1.165) is 97.7 Å². The number of furan rings is 2. The first-order chi connectivity index (χ1) is 26.0. The van der Waals surface area contributed by atoms with Gasteiger partial charge in [-0.1, -0.05) is 109 Å².